The molecule has 0 saturated heterocycles. The SMILES string of the molecule is C[C@@H]1C=CC([C@@H]2CC=CC=C2NC(=O)O)=CC1. The van der Waals surface area contributed by atoms with Crippen molar-refractivity contribution in [3.63, 3.8) is 0 Å². The van der Waals surface area contributed by atoms with E-state index >= 15 is 0 Å². The second kappa shape index (κ2) is 5.04. The summed E-state index contributed by atoms with van der Waals surface area (Å²) in [7, 11) is 0. The highest BCUT2D eigenvalue weighted by Crippen LogP contribution is 2.30. The molecule has 0 radical (unpaired) electrons. The largest absolute Gasteiger partial charge is 0.465 e. The van der Waals surface area contributed by atoms with Crippen LogP contribution in [0.1, 0.15) is 19.8 Å². The highest BCUT2D eigenvalue weighted by molar-refractivity contribution is 5.67. The Morgan fingerprint density at radius 1 is 1.47 bits per heavy atom. The van der Waals surface area contributed by atoms with E-state index in [4.69, 9.17) is 5.11 Å². The molecule has 0 spiro atoms. The summed E-state index contributed by atoms with van der Waals surface area (Å²) in [5, 5.41) is 11.3. The molecule has 0 aromatic carbocycles. The van der Waals surface area contributed by atoms with Gasteiger partial charge in [0.05, 0.1) is 0 Å². The van der Waals surface area contributed by atoms with Crippen molar-refractivity contribution in [3.8, 4) is 0 Å². The average molecular weight is 231 g/mol. The summed E-state index contributed by atoms with van der Waals surface area (Å²) in [6, 6.07) is 0. The van der Waals surface area contributed by atoms with Gasteiger partial charge in [-0.1, -0.05) is 37.3 Å². The Balaban J connectivity index is 2.15. The van der Waals surface area contributed by atoms with E-state index in [1.54, 1.807) is 0 Å². The standard InChI is InChI=1S/C14H17NO2/c1-10-6-8-11(9-7-10)12-4-2-3-5-13(12)15-14(16)17/h2-3,5-6,8-10,12,15H,4,7H2,1H3,(H,16,17)/t10-,12+/m1/s1. The normalized spacial score (nSPS) is 27.4. The molecule has 0 unspecified atom stereocenters. The van der Waals surface area contributed by atoms with Gasteiger partial charge in [0.2, 0.25) is 0 Å². The van der Waals surface area contributed by atoms with Crippen molar-refractivity contribution < 1.29 is 9.90 Å². The molecule has 2 rings (SSSR count). The van der Waals surface area contributed by atoms with Gasteiger partial charge in [-0.05, 0) is 30.4 Å². The molecule has 0 aromatic heterocycles. The number of carbonyl (C=O) groups is 1. The molecule has 2 aliphatic rings. The van der Waals surface area contributed by atoms with Crippen molar-refractivity contribution in [2.75, 3.05) is 0 Å². The minimum absolute atomic E-state index is 0.153. The number of hydrogen-bond acceptors (Lipinski definition) is 1. The minimum Gasteiger partial charge on any atom is -0.465 e. The zero-order valence-electron chi connectivity index (χ0n) is 9.89. The first-order chi connectivity index (χ1) is 8.16. The van der Waals surface area contributed by atoms with Crippen molar-refractivity contribution in [1.29, 1.82) is 0 Å². The smallest absolute Gasteiger partial charge is 0.408 e. The Labute approximate surface area is 101 Å². The van der Waals surface area contributed by atoms with Gasteiger partial charge in [-0.25, -0.2) is 4.79 Å². The summed E-state index contributed by atoms with van der Waals surface area (Å²) in [6.07, 6.45) is 13.2. The van der Waals surface area contributed by atoms with Crippen LogP contribution in [0.25, 0.3) is 0 Å². The van der Waals surface area contributed by atoms with E-state index in [-0.39, 0.29) is 5.92 Å². The van der Waals surface area contributed by atoms with Crippen molar-refractivity contribution in [3.05, 3.63) is 47.7 Å². The molecule has 17 heavy (non-hydrogen) atoms. The lowest BCUT2D eigenvalue weighted by molar-refractivity contribution is 0.196. The monoisotopic (exact) mass is 231 g/mol. The van der Waals surface area contributed by atoms with Gasteiger partial charge in [-0.2, -0.15) is 0 Å². The lowest BCUT2D eigenvalue weighted by Crippen LogP contribution is -2.27. The summed E-state index contributed by atoms with van der Waals surface area (Å²) >= 11 is 0. The first kappa shape index (κ1) is 11.7. The highest BCUT2D eigenvalue weighted by Gasteiger charge is 2.21. The summed E-state index contributed by atoms with van der Waals surface area (Å²) in [6.45, 7) is 2.18. The van der Waals surface area contributed by atoms with Crippen LogP contribution in [0.5, 0.6) is 0 Å². The predicted molar refractivity (Wildman–Crippen MR) is 67.5 cm³/mol. The highest BCUT2D eigenvalue weighted by atomic mass is 16.4. The first-order valence-corrected chi connectivity index (χ1v) is 5.91. The van der Waals surface area contributed by atoms with Gasteiger partial charge in [0.15, 0.2) is 0 Å². The summed E-state index contributed by atoms with van der Waals surface area (Å²) < 4.78 is 0. The second-order valence-electron chi connectivity index (χ2n) is 4.54. The summed E-state index contributed by atoms with van der Waals surface area (Å²) in [5.74, 6) is 0.734. The van der Waals surface area contributed by atoms with Crippen molar-refractivity contribution in [2.45, 2.75) is 19.8 Å². The Morgan fingerprint density at radius 2 is 2.29 bits per heavy atom. The Hall–Kier alpha value is -1.77. The van der Waals surface area contributed by atoms with Crippen LogP contribution in [0.3, 0.4) is 0 Å². The quantitative estimate of drug-likeness (QED) is 0.766. The van der Waals surface area contributed by atoms with Gasteiger partial charge < -0.3 is 5.11 Å². The van der Waals surface area contributed by atoms with Crippen LogP contribution in [-0.4, -0.2) is 11.2 Å². The molecule has 2 aliphatic carbocycles. The fourth-order valence-corrected chi connectivity index (χ4v) is 2.20. The van der Waals surface area contributed by atoms with Crippen LogP contribution in [-0.2, 0) is 0 Å². The molecule has 0 heterocycles. The molecule has 0 fully saturated rings. The summed E-state index contributed by atoms with van der Waals surface area (Å²) in [4.78, 5) is 10.7. The predicted octanol–water partition coefficient (Wildman–Crippen LogP) is 3.24. The third-order valence-electron chi connectivity index (χ3n) is 3.16. The zero-order chi connectivity index (χ0) is 12.3. The molecule has 2 N–H and O–H groups in total. The Bertz CT molecular complexity index is 430. The van der Waals surface area contributed by atoms with E-state index in [2.05, 4.69) is 36.5 Å². The van der Waals surface area contributed by atoms with E-state index < -0.39 is 6.09 Å². The van der Waals surface area contributed by atoms with Gasteiger partial charge in [0.25, 0.3) is 0 Å². The molecule has 3 heteroatoms. The van der Waals surface area contributed by atoms with Gasteiger partial charge >= 0.3 is 6.09 Å². The number of nitrogens with one attached hydrogen (secondary N) is 1. The van der Waals surface area contributed by atoms with Crippen LogP contribution in [0.2, 0.25) is 0 Å². The van der Waals surface area contributed by atoms with E-state index in [9.17, 15) is 4.79 Å². The molecule has 3 nitrogen and oxygen atoms in total. The third-order valence-corrected chi connectivity index (χ3v) is 3.16. The molecule has 2 atom stereocenters. The lowest BCUT2D eigenvalue weighted by Gasteiger charge is -2.24. The maximum Gasteiger partial charge on any atom is 0.408 e. The molecule has 0 aromatic rings. The second-order valence-corrected chi connectivity index (χ2v) is 4.54. The Morgan fingerprint density at radius 3 is 2.94 bits per heavy atom. The van der Waals surface area contributed by atoms with Crippen molar-refractivity contribution in [2.24, 2.45) is 11.8 Å². The zero-order valence-corrected chi connectivity index (χ0v) is 9.89. The summed E-state index contributed by atoms with van der Waals surface area (Å²) in [5.41, 5.74) is 1.98. The van der Waals surface area contributed by atoms with E-state index in [0.717, 1.165) is 18.5 Å². The Kier molecular flexibility index (Phi) is 3.47. The van der Waals surface area contributed by atoms with Crippen LogP contribution in [0.15, 0.2) is 47.7 Å². The van der Waals surface area contributed by atoms with E-state index in [1.807, 2.05) is 12.2 Å². The van der Waals surface area contributed by atoms with Gasteiger partial charge in [-0.15, -0.1) is 0 Å². The minimum atomic E-state index is -0.995. The molecule has 1 amide bonds. The van der Waals surface area contributed by atoms with Crippen molar-refractivity contribution in [1.82, 2.24) is 5.32 Å². The van der Waals surface area contributed by atoms with Crippen molar-refractivity contribution >= 4 is 6.09 Å². The molecular weight excluding hydrogens is 214 g/mol. The average Bonchev–Trinajstić information content (AvgIpc) is 2.30. The van der Waals surface area contributed by atoms with Gasteiger partial charge in [0.1, 0.15) is 0 Å². The van der Waals surface area contributed by atoms with Crippen LogP contribution >= 0.6 is 0 Å². The van der Waals surface area contributed by atoms with Crippen LogP contribution < -0.4 is 5.32 Å². The molecule has 0 saturated carbocycles. The fraction of sp³-hybridized carbons (Fsp3) is 0.357. The van der Waals surface area contributed by atoms with Crippen LogP contribution in [0.4, 0.5) is 4.79 Å². The van der Waals surface area contributed by atoms with Crippen LogP contribution in [0, 0.1) is 11.8 Å². The molecule has 0 aliphatic heterocycles. The number of rotatable bonds is 2. The molecular formula is C14H17NO2. The number of amides is 1. The number of hydrogen-bond donors (Lipinski definition) is 2. The van der Waals surface area contributed by atoms with Gasteiger partial charge in [0, 0.05) is 11.6 Å². The maximum atomic E-state index is 10.7. The number of allylic oxidation sites excluding steroid dienone is 7. The fourth-order valence-electron chi connectivity index (χ4n) is 2.20. The maximum absolute atomic E-state index is 10.7. The number of carboxylic acid groups (broad SMARTS) is 1. The third kappa shape index (κ3) is 2.87. The topological polar surface area (TPSA) is 49.3 Å². The first-order valence-electron chi connectivity index (χ1n) is 5.91. The van der Waals surface area contributed by atoms with E-state index in [0.29, 0.717) is 5.92 Å². The van der Waals surface area contributed by atoms with Gasteiger partial charge in [-0.3, -0.25) is 5.32 Å². The molecule has 90 valence electrons. The molecule has 0 bridgehead atoms. The van der Waals surface area contributed by atoms with E-state index in [1.165, 1.54) is 5.57 Å². The lowest BCUT2D eigenvalue weighted by atomic mass is 9.84.